The maximum absolute atomic E-state index is 13.3. The molecular formula is C22H24N2O2S. The Kier molecular flexibility index (Phi) is 6.63. The molecule has 3 rings (SSSR count). The fourth-order valence-corrected chi connectivity index (χ4v) is 3.79. The molecule has 1 heterocycles. The van der Waals surface area contributed by atoms with Gasteiger partial charge in [-0.15, -0.1) is 11.3 Å². The third-order valence-corrected chi connectivity index (χ3v) is 5.27. The molecule has 0 fully saturated rings. The first-order valence-electron chi connectivity index (χ1n) is 8.97. The summed E-state index contributed by atoms with van der Waals surface area (Å²) in [5.41, 5.74) is 1.71. The van der Waals surface area contributed by atoms with Crippen molar-refractivity contribution in [3.63, 3.8) is 0 Å². The highest BCUT2D eigenvalue weighted by atomic mass is 32.1. The molecule has 0 bridgehead atoms. The highest BCUT2D eigenvalue weighted by molar-refractivity contribution is 7.09. The van der Waals surface area contributed by atoms with Crippen LogP contribution in [0.3, 0.4) is 0 Å². The van der Waals surface area contributed by atoms with Gasteiger partial charge in [-0.2, -0.15) is 0 Å². The molecule has 1 N–H and O–H groups in total. The zero-order chi connectivity index (χ0) is 19.1. The number of amides is 1. The summed E-state index contributed by atoms with van der Waals surface area (Å²) in [5.74, 6) is 0.669. The average Bonchev–Trinajstić information content (AvgIpc) is 3.21. The van der Waals surface area contributed by atoms with Gasteiger partial charge in [0.2, 0.25) is 5.91 Å². The second kappa shape index (κ2) is 9.35. The van der Waals surface area contributed by atoms with Crippen LogP contribution in [0, 0.1) is 0 Å². The van der Waals surface area contributed by atoms with Gasteiger partial charge in [0.05, 0.1) is 7.11 Å². The van der Waals surface area contributed by atoms with Crippen LogP contribution in [0.5, 0.6) is 5.75 Å². The van der Waals surface area contributed by atoms with Crippen LogP contribution >= 0.6 is 11.3 Å². The van der Waals surface area contributed by atoms with E-state index < -0.39 is 0 Å². The van der Waals surface area contributed by atoms with Crippen LogP contribution in [0.1, 0.15) is 23.4 Å². The first kappa shape index (κ1) is 19.1. The molecule has 0 aliphatic carbocycles. The van der Waals surface area contributed by atoms with Gasteiger partial charge >= 0.3 is 0 Å². The molecule has 1 amide bonds. The van der Waals surface area contributed by atoms with Gasteiger partial charge in [-0.05, 0) is 35.7 Å². The smallest absolute Gasteiger partial charge is 0.246 e. The molecule has 140 valence electrons. The summed E-state index contributed by atoms with van der Waals surface area (Å²) in [6.45, 7) is 3.59. The Morgan fingerprint density at radius 3 is 2.59 bits per heavy atom. The fraction of sp³-hybridized carbons (Fsp3) is 0.227. The number of benzene rings is 2. The average molecular weight is 381 g/mol. The topological polar surface area (TPSA) is 41.6 Å². The zero-order valence-electron chi connectivity index (χ0n) is 15.6. The van der Waals surface area contributed by atoms with E-state index in [0.29, 0.717) is 0 Å². The summed E-state index contributed by atoms with van der Waals surface area (Å²) in [4.78, 5) is 16.7. The maximum Gasteiger partial charge on any atom is 0.246 e. The number of carbonyl (C=O) groups is 1. The van der Waals surface area contributed by atoms with Gasteiger partial charge in [-0.25, -0.2) is 0 Å². The molecule has 1 aromatic heterocycles. The lowest BCUT2D eigenvalue weighted by atomic mass is 10.0. The second-order valence-electron chi connectivity index (χ2n) is 6.18. The summed E-state index contributed by atoms with van der Waals surface area (Å²) in [5, 5.41) is 5.12. The zero-order valence-corrected chi connectivity index (χ0v) is 16.4. The molecule has 0 saturated carbocycles. The second-order valence-corrected chi connectivity index (χ2v) is 7.21. The maximum atomic E-state index is 13.3. The highest BCUT2D eigenvalue weighted by Gasteiger charge is 2.27. The van der Waals surface area contributed by atoms with E-state index in [9.17, 15) is 4.79 Å². The fourth-order valence-electron chi connectivity index (χ4n) is 3.06. The standard InChI is InChI=1S/C22H24N2O2S/c1-3-24(16-20-13-8-14-27-20)21(17-9-5-4-6-10-17)22(25)23-18-11-7-12-19(15-18)26-2/h4-15,21H,3,16H2,1-2H3,(H,23,25)/t21-/m1/s1. The van der Waals surface area contributed by atoms with E-state index in [-0.39, 0.29) is 11.9 Å². The predicted octanol–water partition coefficient (Wildman–Crippen LogP) is 4.96. The molecule has 0 saturated heterocycles. The van der Waals surface area contributed by atoms with Crippen molar-refractivity contribution >= 4 is 22.9 Å². The molecule has 2 aromatic carbocycles. The van der Waals surface area contributed by atoms with Gasteiger partial charge in [-0.1, -0.05) is 49.4 Å². The van der Waals surface area contributed by atoms with Gasteiger partial charge in [0.15, 0.2) is 0 Å². The van der Waals surface area contributed by atoms with E-state index in [1.165, 1.54) is 4.88 Å². The third-order valence-electron chi connectivity index (χ3n) is 4.41. The van der Waals surface area contributed by atoms with Crippen LogP contribution in [0.15, 0.2) is 72.1 Å². The van der Waals surface area contributed by atoms with Crippen molar-refractivity contribution in [1.29, 1.82) is 0 Å². The summed E-state index contributed by atoms with van der Waals surface area (Å²) in [7, 11) is 1.62. The summed E-state index contributed by atoms with van der Waals surface area (Å²) < 4.78 is 5.26. The van der Waals surface area contributed by atoms with Gasteiger partial charge in [0.1, 0.15) is 11.8 Å². The molecule has 5 heteroatoms. The molecule has 0 aliphatic heterocycles. The van der Waals surface area contributed by atoms with E-state index in [1.54, 1.807) is 18.4 Å². The van der Waals surface area contributed by atoms with Crippen LogP contribution < -0.4 is 10.1 Å². The van der Waals surface area contributed by atoms with Crippen molar-refractivity contribution in [2.45, 2.75) is 19.5 Å². The van der Waals surface area contributed by atoms with E-state index in [4.69, 9.17) is 4.74 Å². The van der Waals surface area contributed by atoms with Crippen LogP contribution in [0.25, 0.3) is 0 Å². The Labute approximate surface area is 164 Å². The Morgan fingerprint density at radius 1 is 1.11 bits per heavy atom. The predicted molar refractivity (Wildman–Crippen MR) is 111 cm³/mol. The van der Waals surface area contributed by atoms with Crippen molar-refractivity contribution in [2.75, 3.05) is 19.0 Å². The molecule has 3 aromatic rings. The number of methoxy groups -OCH3 is 1. The Hall–Kier alpha value is -2.63. The molecule has 0 spiro atoms. The van der Waals surface area contributed by atoms with Crippen molar-refractivity contribution in [3.8, 4) is 5.75 Å². The van der Waals surface area contributed by atoms with Crippen molar-refractivity contribution < 1.29 is 9.53 Å². The summed E-state index contributed by atoms with van der Waals surface area (Å²) in [6, 6.07) is 21.1. The first-order valence-corrected chi connectivity index (χ1v) is 9.85. The minimum absolute atomic E-state index is 0.0483. The minimum atomic E-state index is -0.371. The molecule has 27 heavy (non-hydrogen) atoms. The van der Waals surface area contributed by atoms with Crippen molar-refractivity contribution in [1.82, 2.24) is 4.90 Å². The highest BCUT2D eigenvalue weighted by Crippen LogP contribution is 2.26. The third kappa shape index (κ3) is 4.96. The largest absolute Gasteiger partial charge is 0.497 e. The number of rotatable bonds is 8. The lowest BCUT2D eigenvalue weighted by molar-refractivity contribution is -0.121. The monoisotopic (exact) mass is 380 g/mol. The lowest BCUT2D eigenvalue weighted by Gasteiger charge is -2.30. The van der Waals surface area contributed by atoms with E-state index in [1.807, 2.05) is 60.7 Å². The Morgan fingerprint density at radius 2 is 1.93 bits per heavy atom. The molecular weight excluding hydrogens is 356 g/mol. The van der Waals surface area contributed by atoms with E-state index >= 15 is 0 Å². The first-order chi connectivity index (χ1) is 13.2. The number of nitrogens with one attached hydrogen (secondary N) is 1. The number of carbonyl (C=O) groups excluding carboxylic acids is 1. The van der Waals surface area contributed by atoms with Gasteiger partial charge in [-0.3, -0.25) is 9.69 Å². The minimum Gasteiger partial charge on any atom is -0.497 e. The van der Waals surface area contributed by atoms with Crippen LogP contribution in [0.4, 0.5) is 5.69 Å². The number of hydrogen-bond acceptors (Lipinski definition) is 4. The van der Waals surface area contributed by atoms with Gasteiger partial charge in [0.25, 0.3) is 0 Å². The quantitative estimate of drug-likeness (QED) is 0.601. The molecule has 0 aliphatic rings. The van der Waals surface area contributed by atoms with Gasteiger partial charge in [0, 0.05) is 23.2 Å². The van der Waals surface area contributed by atoms with Crippen LogP contribution in [-0.4, -0.2) is 24.5 Å². The molecule has 4 nitrogen and oxygen atoms in total. The van der Waals surface area contributed by atoms with Crippen molar-refractivity contribution in [2.24, 2.45) is 0 Å². The van der Waals surface area contributed by atoms with Crippen molar-refractivity contribution in [3.05, 3.63) is 82.6 Å². The normalized spacial score (nSPS) is 12.0. The number of thiophene rings is 1. The van der Waals surface area contributed by atoms with Gasteiger partial charge < -0.3 is 10.1 Å². The number of hydrogen-bond donors (Lipinski definition) is 1. The number of nitrogens with zero attached hydrogens (tertiary/aromatic N) is 1. The van der Waals surface area contributed by atoms with E-state index in [0.717, 1.165) is 30.1 Å². The molecule has 0 radical (unpaired) electrons. The van der Waals surface area contributed by atoms with Crippen LogP contribution in [-0.2, 0) is 11.3 Å². The number of ether oxygens (including phenoxy) is 1. The number of likely N-dealkylation sites (N-methyl/N-ethyl adjacent to an activating group) is 1. The van der Waals surface area contributed by atoms with E-state index in [2.05, 4.69) is 28.6 Å². The summed E-state index contributed by atoms with van der Waals surface area (Å²) in [6.07, 6.45) is 0. The Bertz CT molecular complexity index is 850. The summed E-state index contributed by atoms with van der Waals surface area (Å²) >= 11 is 1.71. The SMILES string of the molecule is CCN(Cc1cccs1)[C@@H](C(=O)Nc1cccc(OC)c1)c1ccccc1. The number of anilines is 1. The lowest BCUT2D eigenvalue weighted by Crippen LogP contribution is -2.36. The molecule has 1 atom stereocenters. The van der Waals surface area contributed by atoms with Crippen LogP contribution in [0.2, 0.25) is 0 Å². The Balaban J connectivity index is 1.87. The molecule has 0 unspecified atom stereocenters.